The minimum Gasteiger partial charge on any atom is -0.379 e. The predicted octanol–water partition coefficient (Wildman–Crippen LogP) is 1.70. The fourth-order valence-electron chi connectivity index (χ4n) is 2.30. The van der Waals surface area contributed by atoms with Gasteiger partial charge in [-0.05, 0) is 24.6 Å². The maximum absolute atomic E-state index is 5.35. The summed E-state index contributed by atoms with van der Waals surface area (Å²) >= 11 is 0. The van der Waals surface area contributed by atoms with Crippen LogP contribution in [0.1, 0.15) is 11.4 Å². The number of fused-ring (bicyclic) bond motifs is 1. The van der Waals surface area contributed by atoms with E-state index in [1.165, 1.54) is 5.56 Å². The first-order valence-electron chi connectivity index (χ1n) is 6.06. The van der Waals surface area contributed by atoms with Crippen molar-refractivity contribution in [3.63, 3.8) is 0 Å². The quantitative estimate of drug-likeness (QED) is 0.855. The van der Waals surface area contributed by atoms with Crippen molar-refractivity contribution < 1.29 is 4.74 Å². The fourth-order valence-corrected chi connectivity index (χ4v) is 2.30. The highest BCUT2D eigenvalue weighted by Crippen LogP contribution is 2.15. The van der Waals surface area contributed by atoms with Crippen LogP contribution in [0.15, 0.2) is 18.2 Å². The van der Waals surface area contributed by atoms with Crippen molar-refractivity contribution in [2.45, 2.75) is 13.5 Å². The Labute approximate surface area is 101 Å². The van der Waals surface area contributed by atoms with E-state index in [4.69, 9.17) is 4.74 Å². The van der Waals surface area contributed by atoms with Gasteiger partial charge in [0.2, 0.25) is 0 Å². The largest absolute Gasteiger partial charge is 0.379 e. The number of hydrogen-bond donors (Lipinski definition) is 1. The number of nitrogens with zero attached hydrogens (tertiary/aromatic N) is 2. The molecule has 1 aromatic heterocycles. The summed E-state index contributed by atoms with van der Waals surface area (Å²) in [5.74, 6) is 0.975. The van der Waals surface area contributed by atoms with Gasteiger partial charge < -0.3 is 9.72 Å². The zero-order valence-corrected chi connectivity index (χ0v) is 10.1. The van der Waals surface area contributed by atoms with Gasteiger partial charge in [-0.3, -0.25) is 4.90 Å². The van der Waals surface area contributed by atoms with Gasteiger partial charge in [0.25, 0.3) is 0 Å². The third-order valence-corrected chi connectivity index (χ3v) is 3.17. The van der Waals surface area contributed by atoms with E-state index in [0.29, 0.717) is 0 Å². The monoisotopic (exact) mass is 231 g/mol. The Balaban J connectivity index is 1.79. The molecule has 4 nitrogen and oxygen atoms in total. The molecule has 90 valence electrons. The summed E-state index contributed by atoms with van der Waals surface area (Å²) in [5, 5.41) is 0. The van der Waals surface area contributed by atoms with E-state index in [1.807, 2.05) is 6.92 Å². The van der Waals surface area contributed by atoms with Crippen LogP contribution in [0.2, 0.25) is 0 Å². The molecule has 1 aromatic carbocycles. The normalized spacial score (nSPS) is 17.7. The second-order valence-corrected chi connectivity index (χ2v) is 4.56. The van der Waals surface area contributed by atoms with Gasteiger partial charge in [0, 0.05) is 19.6 Å². The molecule has 0 aliphatic carbocycles. The second-order valence-electron chi connectivity index (χ2n) is 4.56. The van der Waals surface area contributed by atoms with E-state index in [2.05, 4.69) is 33.1 Å². The SMILES string of the molecule is Cc1nc2ccc(CN3CCOCC3)cc2[nH]1. The van der Waals surface area contributed by atoms with Crippen LogP contribution in [0.4, 0.5) is 0 Å². The number of ether oxygens (including phenoxy) is 1. The lowest BCUT2D eigenvalue weighted by molar-refractivity contribution is 0.0342. The summed E-state index contributed by atoms with van der Waals surface area (Å²) in [7, 11) is 0. The molecule has 0 bridgehead atoms. The average molecular weight is 231 g/mol. The molecule has 3 rings (SSSR count). The van der Waals surface area contributed by atoms with E-state index >= 15 is 0 Å². The van der Waals surface area contributed by atoms with Crippen LogP contribution in [-0.4, -0.2) is 41.2 Å². The number of aromatic amines is 1. The van der Waals surface area contributed by atoms with Crippen molar-refractivity contribution >= 4 is 11.0 Å². The van der Waals surface area contributed by atoms with Gasteiger partial charge in [-0.25, -0.2) is 4.98 Å². The summed E-state index contributed by atoms with van der Waals surface area (Å²) in [6, 6.07) is 6.46. The minimum atomic E-state index is 0.853. The molecular formula is C13H17N3O. The van der Waals surface area contributed by atoms with E-state index < -0.39 is 0 Å². The Morgan fingerprint density at radius 1 is 1.35 bits per heavy atom. The maximum atomic E-state index is 5.35. The van der Waals surface area contributed by atoms with Crippen molar-refractivity contribution in [2.75, 3.05) is 26.3 Å². The minimum absolute atomic E-state index is 0.853. The first-order valence-corrected chi connectivity index (χ1v) is 6.06. The summed E-state index contributed by atoms with van der Waals surface area (Å²) in [4.78, 5) is 10.1. The van der Waals surface area contributed by atoms with Gasteiger partial charge in [-0.15, -0.1) is 0 Å². The Morgan fingerprint density at radius 2 is 2.18 bits per heavy atom. The number of benzene rings is 1. The molecule has 4 heteroatoms. The van der Waals surface area contributed by atoms with Crippen molar-refractivity contribution in [3.8, 4) is 0 Å². The van der Waals surface area contributed by atoms with Crippen molar-refractivity contribution in [3.05, 3.63) is 29.6 Å². The molecule has 1 fully saturated rings. The topological polar surface area (TPSA) is 41.2 Å². The third kappa shape index (κ3) is 2.33. The molecule has 17 heavy (non-hydrogen) atoms. The van der Waals surface area contributed by atoms with E-state index in [9.17, 15) is 0 Å². The molecule has 0 spiro atoms. The highest BCUT2D eigenvalue weighted by atomic mass is 16.5. The second kappa shape index (κ2) is 4.47. The highest BCUT2D eigenvalue weighted by Gasteiger charge is 2.11. The number of H-pyrrole nitrogens is 1. The maximum Gasteiger partial charge on any atom is 0.104 e. The number of nitrogens with one attached hydrogen (secondary N) is 1. The number of aryl methyl sites for hydroxylation is 1. The molecule has 1 N–H and O–H groups in total. The lowest BCUT2D eigenvalue weighted by Crippen LogP contribution is -2.35. The van der Waals surface area contributed by atoms with Crippen LogP contribution < -0.4 is 0 Å². The molecule has 0 amide bonds. The predicted molar refractivity (Wildman–Crippen MR) is 66.9 cm³/mol. The van der Waals surface area contributed by atoms with Gasteiger partial charge in [-0.1, -0.05) is 6.07 Å². The lowest BCUT2D eigenvalue weighted by atomic mass is 10.2. The molecule has 0 saturated carbocycles. The molecule has 1 aliphatic rings. The average Bonchev–Trinajstić information content (AvgIpc) is 2.70. The summed E-state index contributed by atoms with van der Waals surface area (Å²) in [6.45, 7) is 6.75. The third-order valence-electron chi connectivity index (χ3n) is 3.17. The number of morpholine rings is 1. The number of aromatic nitrogens is 2. The van der Waals surface area contributed by atoms with Gasteiger partial charge in [0.1, 0.15) is 5.82 Å². The highest BCUT2D eigenvalue weighted by molar-refractivity contribution is 5.75. The first-order chi connectivity index (χ1) is 8.31. The molecule has 0 atom stereocenters. The first kappa shape index (κ1) is 10.7. The van der Waals surface area contributed by atoms with Gasteiger partial charge in [0.15, 0.2) is 0 Å². The molecule has 2 heterocycles. The van der Waals surface area contributed by atoms with E-state index in [-0.39, 0.29) is 0 Å². The summed E-state index contributed by atoms with van der Waals surface area (Å²) in [6.07, 6.45) is 0. The van der Waals surface area contributed by atoms with Crippen LogP contribution in [0.5, 0.6) is 0 Å². The van der Waals surface area contributed by atoms with Crippen LogP contribution >= 0.6 is 0 Å². The summed E-state index contributed by atoms with van der Waals surface area (Å²) < 4.78 is 5.35. The van der Waals surface area contributed by atoms with Crippen molar-refractivity contribution in [1.29, 1.82) is 0 Å². The van der Waals surface area contributed by atoms with E-state index in [0.717, 1.165) is 49.7 Å². The van der Waals surface area contributed by atoms with Gasteiger partial charge in [-0.2, -0.15) is 0 Å². The summed E-state index contributed by atoms with van der Waals surface area (Å²) in [5.41, 5.74) is 3.52. The number of rotatable bonds is 2. The van der Waals surface area contributed by atoms with Gasteiger partial charge >= 0.3 is 0 Å². The van der Waals surface area contributed by atoms with Crippen LogP contribution in [0.3, 0.4) is 0 Å². The number of hydrogen-bond acceptors (Lipinski definition) is 3. The van der Waals surface area contributed by atoms with Crippen molar-refractivity contribution in [1.82, 2.24) is 14.9 Å². The van der Waals surface area contributed by atoms with Crippen LogP contribution in [0.25, 0.3) is 11.0 Å². The number of imidazole rings is 1. The Morgan fingerprint density at radius 3 is 3.00 bits per heavy atom. The Bertz CT molecular complexity index is 514. The van der Waals surface area contributed by atoms with Crippen molar-refractivity contribution in [2.24, 2.45) is 0 Å². The Hall–Kier alpha value is -1.39. The molecule has 0 unspecified atom stereocenters. The van der Waals surface area contributed by atoms with Crippen LogP contribution in [-0.2, 0) is 11.3 Å². The van der Waals surface area contributed by atoms with Gasteiger partial charge in [0.05, 0.1) is 24.2 Å². The fraction of sp³-hybridized carbons (Fsp3) is 0.462. The molecule has 0 radical (unpaired) electrons. The Kier molecular flexibility index (Phi) is 2.82. The smallest absolute Gasteiger partial charge is 0.104 e. The molecule has 1 aliphatic heterocycles. The lowest BCUT2D eigenvalue weighted by Gasteiger charge is -2.26. The standard InChI is InChI=1S/C13H17N3O/c1-10-14-12-3-2-11(8-13(12)15-10)9-16-4-6-17-7-5-16/h2-3,8H,4-7,9H2,1H3,(H,14,15). The molecule has 2 aromatic rings. The van der Waals surface area contributed by atoms with E-state index in [1.54, 1.807) is 0 Å². The zero-order chi connectivity index (χ0) is 11.7. The molecular weight excluding hydrogens is 214 g/mol. The van der Waals surface area contributed by atoms with Crippen LogP contribution in [0, 0.1) is 6.92 Å². The zero-order valence-electron chi connectivity index (χ0n) is 10.1. The molecule has 1 saturated heterocycles.